The Morgan fingerprint density at radius 1 is 1.00 bits per heavy atom. The lowest BCUT2D eigenvalue weighted by Crippen LogP contribution is -2.06. The van der Waals surface area contributed by atoms with Gasteiger partial charge in [0.25, 0.3) is 0 Å². The largest absolute Gasteiger partial charge is 0.378 e. The number of aryl methyl sites for hydroxylation is 2. The summed E-state index contributed by atoms with van der Waals surface area (Å²) in [6, 6.07) is 7.28. The summed E-state index contributed by atoms with van der Waals surface area (Å²) in [6.07, 6.45) is 0. The second-order valence-electron chi connectivity index (χ2n) is 4.47. The fourth-order valence-corrected chi connectivity index (χ4v) is 2.00. The van der Waals surface area contributed by atoms with E-state index in [9.17, 15) is 13.2 Å². The Balaban J connectivity index is 2.24. The summed E-state index contributed by atoms with van der Waals surface area (Å²) < 4.78 is 39.6. The first-order chi connectivity index (χ1) is 8.99. The molecule has 2 rings (SSSR count). The van der Waals surface area contributed by atoms with Crippen molar-refractivity contribution in [1.82, 2.24) is 0 Å². The van der Waals surface area contributed by atoms with E-state index < -0.39 is 17.5 Å². The van der Waals surface area contributed by atoms with Crippen LogP contribution in [0.2, 0.25) is 0 Å². The van der Waals surface area contributed by atoms with Crippen LogP contribution in [0.3, 0.4) is 0 Å². The maximum absolute atomic E-state index is 13.5. The van der Waals surface area contributed by atoms with Gasteiger partial charge in [0.15, 0.2) is 11.6 Å². The molecule has 1 nitrogen and oxygen atoms in total. The van der Waals surface area contributed by atoms with Gasteiger partial charge < -0.3 is 5.32 Å². The Morgan fingerprint density at radius 2 is 1.63 bits per heavy atom. The zero-order valence-electron chi connectivity index (χ0n) is 10.7. The predicted octanol–water partition coefficient (Wildman–Crippen LogP) is 4.33. The molecule has 0 atom stereocenters. The van der Waals surface area contributed by atoms with E-state index >= 15 is 0 Å². The average Bonchev–Trinajstić information content (AvgIpc) is 2.34. The molecule has 0 aliphatic rings. The van der Waals surface area contributed by atoms with Gasteiger partial charge in [-0.15, -0.1) is 0 Å². The summed E-state index contributed by atoms with van der Waals surface area (Å²) in [7, 11) is 0. The Labute approximate surface area is 110 Å². The number of rotatable bonds is 3. The molecular weight excluding hydrogens is 251 g/mol. The fourth-order valence-electron chi connectivity index (χ4n) is 2.00. The number of halogens is 3. The quantitative estimate of drug-likeness (QED) is 0.814. The monoisotopic (exact) mass is 265 g/mol. The second kappa shape index (κ2) is 5.34. The van der Waals surface area contributed by atoms with Crippen molar-refractivity contribution >= 4 is 5.69 Å². The first-order valence-electron chi connectivity index (χ1n) is 5.92. The lowest BCUT2D eigenvalue weighted by molar-refractivity contribution is 0.497. The molecule has 0 aromatic heterocycles. The fraction of sp³-hybridized carbons (Fsp3) is 0.200. The van der Waals surface area contributed by atoms with Crippen molar-refractivity contribution < 1.29 is 13.2 Å². The van der Waals surface area contributed by atoms with Crippen molar-refractivity contribution in [1.29, 1.82) is 0 Å². The molecule has 2 aromatic carbocycles. The highest BCUT2D eigenvalue weighted by molar-refractivity contribution is 5.47. The molecule has 0 unspecified atom stereocenters. The Kier molecular flexibility index (Phi) is 3.79. The van der Waals surface area contributed by atoms with E-state index in [1.54, 1.807) is 0 Å². The molecule has 100 valence electrons. The topological polar surface area (TPSA) is 12.0 Å². The summed E-state index contributed by atoms with van der Waals surface area (Å²) in [5, 5.41) is 2.74. The van der Waals surface area contributed by atoms with Crippen LogP contribution in [-0.2, 0) is 6.54 Å². The number of hydrogen-bond donors (Lipinski definition) is 1. The maximum atomic E-state index is 13.5. The lowest BCUT2D eigenvalue weighted by Gasteiger charge is -2.12. The maximum Gasteiger partial charge on any atom is 0.182 e. The highest BCUT2D eigenvalue weighted by Crippen LogP contribution is 2.21. The SMILES string of the molecule is Cc1cccc(C)c1CNc1cc(F)cc(F)c1F. The van der Waals surface area contributed by atoms with Gasteiger partial charge in [-0.25, -0.2) is 13.2 Å². The molecule has 19 heavy (non-hydrogen) atoms. The number of hydrogen-bond acceptors (Lipinski definition) is 1. The Hall–Kier alpha value is -1.97. The molecule has 0 saturated heterocycles. The number of anilines is 1. The molecule has 2 aromatic rings. The molecule has 4 heteroatoms. The smallest absolute Gasteiger partial charge is 0.182 e. The van der Waals surface area contributed by atoms with E-state index in [4.69, 9.17) is 0 Å². The van der Waals surface area contributed by atoms with E-state index in [1.807, 2.05) is 32.0 Å². The van der Waals surface area contributed by atoms with Crippen LogP contribution in [0, 0.1) is 31.3 Å². The molecule has 0 heterocycles. The van der Waals surface area contributed by atoms with Gasteiger partial charge in [-0.1, -0.05) is 18.2 Å². The van der Waals surface area contributed by atoms with E-state index in [2.05, 4.69) is 5.32 Å². The minimum absolute atomic E-state index is 0.167. The predicted molar refractivity (Wildman–Crippen MR) is 69.6 cm³/mol. The van der Waals surface area contributed by atoms with Crippen molar-refractivity contribution in [2.24, 2.45) is 0 Å². The van der Waals surface area contributed by atoms with Crippen LogP contribution >= 0.6 is 0 Å². The second-order valence-corrected chi connectivity index (χ2v) is 4.47. The van der Waals surface area contributed by atoms with Crippen LogP contribution in [0.4, 0.5) is 18.9 Å². The third-order valence-electron chi connectivity index (χ3n) is 3.09. The summed E-state index contributed by atoms with van der Waals surface area (Å²) in [6.45, 7) is 4.19. The highest BCUT2D eigenvalue weighted by atomic mass is 19.2. The molecule has 0 spiro atoms. The minimum Gasteiger partial charge on any atom is -0.378 e. The Morgan fingerprint density at radius 3 is 2.26 bits per heavy atom. The molecule has 1 N–H and O–H groups in total. The first-order valence-corrected chi connectivity index (χ1v) is 5.92. The van der Waals surface area contributed by atoms with Crippen LogP contribution in [0.15, 0.2) is 30.3 Å². The van der Waals surface area contributed by atoms with Crippen LogP contribution in [0.1, 0.15) is 16.7 Å². The summed E-state index contributed by atoms with van der Waals surface area (Å²) in [4.78, 5) is 0. The van der Waals surface area contributed by atoms with Gasteiger partial charge in [-0.05, 0) is 30.5 Å². The van der Waals surface area contributed by atoms with Gasteiger partial charge in [0.05, 0.1) is 5.69 Å². The zero-order chi connectivity index (χ0) is 14.0. The van der Waals surface area contributed by atoms with Crippen LogP contribution in [0.5, 0.6) is 0 Å². The molecule has 0 aliphatic carbocycles. The van der Waals surface area contributed by atoms with Crippen molar-refractivity contribution in [2.45, 2.75) is 20.4 Å². The van der Waals surface area contributed by atoms with Crippen molar-refractivity contribution in [3.05, 3.63) is 64.5 Å². The standard InChI is InChI=1S/C15H14F3N/c1-9-4-3-5-10(2)12(9)8-19-14-7-11(16)6-13(17)15(14)18/h3-7,19H,8H2,1-2H3. The van der Waals surface area contributed by atoms with Gasteiger partial charge in [0.1, 0.15) is 5.82 Å². The third kappa shape index (κ3) is 2.89. The van der Waals surface area contributed by atoms with E-state index in [0.717, 1.165) is 22.8 Å². The first kappa shape index (κ1) is 13.5. The highest BCUT2D eigenvalue weighted by Gasteiger charge is 2.11. The van der Waals surface area contributed by atoms with Gasteiger partial charge in [-0.3, -0.25) is 0 Å². The summed E-state index contributed by atoms with van der Waals surface area (Å²) >= 11 is 0. The average molecular weight is 265 g/mol. The van der Waals surface area contributed by atoms with Gasteiger partial charge >= 0.3 is 0 Å². The molecule has 0 aliphatic heterocycles. The van der Waals surface area contributed by atoms with E-state index in [-0.39, 0.29) is 5.69 Å². The van der Waals surface area contributed by atoms with Crippen LogP contribution in [0.25, 0.3) is 0 Å². The van der Waals surface area contributed by atoms with Crippen LogP contribution < -0.4 is 5.32 Å². The van der Waals surface area contributed by atoms with E-state index in [1.165, 1.54) is 0 Å². The van der Waals surface area contributed by atoms with Gasteiger partial charge in [0.2, 0.25) is 0 Å². The van der Waals surface area contributed by atoms with E-state index in [0.29, 0.717) is 12.6 Å². The van der Waals surface area contributed by atoms with Crippen molar-refractivity contribution in [3.8, 4) is 0 Å². The Bertz CT molecular complexity index is 588. The molecule has 0 amide bonds. The number of benzene rings is 2. The number of nitrogens with one attached hydrogen (secondary N) is 1. The third-order valence-corrected chi connectivity index (χ3v) is 3.09. The minimum atomic E-state index is -1.19. The molecule has 0 fully saturated rings. The summed E-state index contributed by atoms with van der Waals surface area (Å²) in [5.74, 6) is -3.06. The molecule has 0 bridgehead atoms. The molecule has 0 radical (unpaired) electrons. The van der Waals surface area contributed by atoms with Crippen molar-refractivity contribution in [2.75, 3.05) is 5.32 Å². The zero-order valence-corrected chi connectivity index (χ0v) is 10.7. The van der Waals surface area contributed by atoms with Gasteiger partial charge in [0, 0.05) is 18.7 Å². The van der Waals surface area contributed by atoms with Crippen LogP contribution in [-0.4, -0.2) is 0 Å². The normalized spacial score (nSPS) is 10.6. The van der Waals surface area contributed by atoms with Gasteiger partial charge in [-0.2, -0.15) is 0 Å². The molecular formula is C15H14F3N. The lowest BCUT2D eigenvalue weighted by atomic mass is 10.0. The molecule has 0 saturated carbocycles. The van der Waals surface area contributed by atoms with Crippen molar-refractivity contribution in [3.63, 3.8) is 0 Å². The summed E-state index contributed by atoms with van der Waals surface area (Å²) in [5.41, 5.74) is 2.92.